The summed E-state index contributed by atoms with van der Waals surface area (Å²) in [7, 11) is 1.39. The van der Waals surface area contributed by atoms with Gasteiger partial charge in [0.15, 0.2) is 6.10 Å². The zero-order valence-corrected chi connectivity index (χ0v) is 18.8. The van der Waals surface area contributed by atoms with Gasteiger partial charge in [-0.2, -0.15) is 0 Å². The van der Waals surface area contributed by atoms with Gasteiger partial charge in [-0.1, -0.05) is 55.5 Å². The Balaban J connectivity index is 1.70. The van der Waals surface area contributed by atoms with E-state index in [1.807, 2.05) is 48.5 Å². The molecule has 33 heavy (non-hydrogen) atoms. The second-order valence-corrected chi connectivity index (χ2v) is 7.85. The lowest BCUT2D eigenvalue weighted by molar-refractivity contribution is -0.162. The lowest BCUT2D eigenvalue weighted by Crippen LogP contribution is -2.61. The Hall–Kier alpha value is -3.43. The number of ether oxygens (including phenoxy) is 2. The molecule has 2 atom stereocenters. The number of alkyl carbamates (subject to hydrolysis) is 1. The average molecular weight is 456 g/mol. The molecule has 9 nitrogen and oxygen atoms in total. The van der Waals surface area contributed by atoms with Crippen molar-refractivity contribution in [3.05, 3.63) is 59.7 Å². The summed E-state index contributed by atoms with van der Waals surface area (Å²) in [4.78, 5) is 41.3. The highest BCUT2D eigenvalue weighted by molar-refractivity contribution is 5.89. The molecule has 2 amide bonds. The van der Waals surface area contributed by atoms with E-state index >= 15 is 0 Å². The molecule has 2 aromatic carbocycles. The van der Waals surface area contributed by atoms with E-state index in [1.54, 1.807) is 6.92 Å². The summed E-state index contributed by atoms with van der Waals surface area (Å²) in [5, 5.41) is 11.5. The molecule has 0 bridgehead atoms. The Kier molecular flexibility index (Phi) is 7.67. The molecule has 3 N–H and O–H groups in total. The molecule has 0 saturated carbocycles. The Morgan fingerprint density at radius 1 is 1.06 bits per heavy atom. The smallest absolute Gasteiger partial charge is 0.408 e. The Morgan fingerprint density at radius 3 is 2.15 bits per heavy atom. The number of carbonyl (C=O) groups excluding carboxylic acids is 2. The van der Waals surface area contributed by atoms with Crippen LogP contribution in [-0.4, -0.2) is 55.0 Å². The van der Waals surface area contributed by atoms with Gasteiger partial charge in [0.2, 0.25) is 0 Å². The normalized spacial score (nSPS) is 15.0. The maximum atomic E-state index is 12.8. The first-order valence-corrected chi connectivity index (χ1v) is 10.6. The van der Waals surface area contributed by atoms with Gasteiger partial charge in [-0.25, -0.2) is 15.1 Å². The van der Waals surface area contributed by atoms with Crippen molar-refractivity contribution in [3.8, 4) is 11.1 Å². The van der Waals surface area contributed by atoms with Crippen molar-refractivity contribution in [3.63, 3.8) is 0 Å². The third kappa shape index (κ3) is 5.15. The molecule has 3 rings (SSSR count). The van der Waals surface area contributed by atoms with E-state index in [-0.39, 0.29) is 25.6 Å². The molecule has 0 radical (unpaired) electrons. The molecule has 0 aliphatic heterocycles. The first-order chi connectivity index (χ1) is 15.8. The van der Waals surface area contributed by atoms with E-state index in [4.69, 9.17) is 19.4 Å². The van der Waals surface area contributed by atoms with Crippen LogP contribution in [0.1, 0.15) is 37.3 Å². The maximum absolute atomic E-state index is 12.8. The van der Waals surface area contributed by atoms with Gasteiger partial charge in [0.1, 0.15) is 12.1 Å². The van der Waals surface area contributed by atoms with Crippen LogP contribution >= 0.6 is 0 Å². The summed E-state index contributed by atoms with van der Waals surface area (Å²) in [6.45, 7) is 2.87. The fourth-order valence-corrected chi connectivity index (χ4v) is 3.88. The van der Waals surface area contributed by atoms with Gasteiger partial charge in [-0.15, -0.1) is 0 Å². The number of fused-ring (bicyclic) bond motifs is 3. The van der Waals surface area contributed by atoms with Crippen LogP contribution in [0.4, 0.5) is 4.79 Å². The number of rotatable bonds is 10. The molecule has 0 saturated heterocycles. The number of benzene rings is 2. The zero-order chi connectivity index (χ0) is 24.0. The summed E-state index contributed by atoms with van der Waals surface area (Å²) in [5.41, 5.74) is 4.94. The second kappa shape index (κ2) is 10.5. The molecule has 9 heteroatoms. The van der Waals surface area contributed by atoms with E-state index < -0.39 is 29.6 Å². The van der Waals surface area contributed by atoms with Crippen LogP contribution in [0.2, 0.25) is 0 Å². The number of aliphatic carboxylic acids is 1. The summed E-state index contributed by atoms with van der Waals surface area (Å²) >= 11 is 0. The van der Waals surface area contributed by atoms with Crippen molar-refractivity contribution in [1.29, 1.82) is 0 Å². The summed E-state index contributed by atoms with van der Waals surface area (Å²) < 4.78 is 10.7. The number of carbonyl (C=O) groups is 3. The second-order valence-electron chi connectivity index (χ2n) is 7.85. The molecular weight excluding hydrogens is 428 g/mol. The van der Waals surface area contributed by atoms with Gasteiger partial charge in [-0.05, 0) is 35.6 Å². The molecular formula is C24H28N2O7. The Bertz CT molecular complexity index is 980. The molecule has 2 unspecified atom stereocenters. The van der Waals surface area contributed by atoms with Crippen LogP contribution < -0.4 is 10.8 Å². The number of hydrogen-bond donors (Lipinski definition) is 3. The van der Waals surface area contributed by atoms with Gasteiger partial charge in [0.05, 0.1) is 6.61 Å². The van der Waals surface area contributed by atoms with E-state index in [0.29, 0.717) is 0 Å². The largest absolute Gasteiger partial charge is 0.479 e. The van der Waals surface area contributed by atoms with Gasteiger partial charge in [-0.3, -0.25) is 9.63 Å². The third-order valence-corrected chi connectivity index (χ3v) is 5.79. The van der Waals surface area contributed by atoms with Crippen molar-refractivity contribution >= 4 is 18.0 Å². The van der Waals surface area contributed by atoms with Crippen LogP contribution in [0.25, 0.3) is 11.1 Å². The zero-order valence-electron chi connectivity index (χ0n) is 18.8. The fraction of sp³-hybridized carbons (Fsp3) is 0.375. The van der Waals surface area contributed by atoms with Crippen LogP contribution in [0.3, 0.4) is 0 Å². The van der Waals surface area contributed by atoms with Crippen molar-refractivity contribution in [2.45, 2.75) is 37.8 Å². The molecule has 0 spiro atoms. The summed E-state index contributed by atoms with van der Waals surface area (Å²) in [5.74, 6) is -2.11. The standard InChI is InChI=1S/C24H28N2O7/c1-4-24(14-31-3,22(29)26-33-15(2)21(27)28)25-23(30)32-13-20-18-11-7-5-9-16(18)17-10-6-8-12-19(17)20/h5-12,15,20H,4,13-14H2,1-3H3,(H,25,30)(H,26,29)(H,27,28). The van der Waals surface area contributed by atoms with E-state index in [2.05, 4.69) is 10.8 Å². The number of hydroxylamine groups is 1. The van der Waals surface area contributed by atoms with Crippen LogP contribution in [0, 0.1) is 0 Å². The van der Waals surface area contributed by atoms with Crippen LogP contribution in [-0.2, 0) is 23.9 Å². The SMILES string of the molecule is CCC(COC)(NC(=O)OCC1c2ccccc2-c2ccccc21)C(=O)NOC(C)C(=O)O. The lowest BCUT2D eigenvalue weighted by Gasteiger charge is -2.31. The quantitative estimate of drug-likeness (QED) is 0.470. The average Bonchev–Trinajstić information content (AvgIpc) is 3.14. The monoisotopic (exact) mass is 456 g/mol. The number of carboxylic acid groups (broad SMARTS) is 1. The van der Waals surface area contributed by atoms with E-state index in [9.17, 15) is 14.4 Å². The molecule has 176 valence electrons. The third-order valence-electron chi connectivity index (χ3n) is 5.79. The Labute approximate surface area is 192 Å². The van der Waals surface area contributed by atoms with Crippen molar-refractivity contribution in [1.82, 2.24) is 10.8 Å². The molecule has 0 fully saturated rings. The van der Waals surface area contributed by atoms with Gasteiger partial charge in [0, 0.05) is 13.0 Å². The maximum Gasteiger partial charge on any atom is 0.408 e. The van der Waals surface area contributed by atoms with Crippen molar-refractivity contribution in [2.24, 2.45) is 0 Å². The van der Waals surface area contributed by atoms with Crippen LogP contribution in [0.15, 0.2) is 48.5 Å². The summed E-state index contributed by atoms with van der Waals surface area (Å²) in [6, 6.07) is 15.9. The van der Waals surface area contributed by atoms with Gasteiger partial charge in [0.25, 0.3) is 5.91 Å². The predicted molar refractivity (Wildman–Crippen MR) is 119 cm³/mol. The first kappa shape index (κ1) is 24.2. The molecule has 2 aromatic rings. The minimum Gasteiger partial charge on any atom is -0.479 e. The van der Waals surface area contributed by atoms with Crippen LogP contribution in [0.5, 0.6) is 0 Å². The van der Waals surface area contributed by atoms with Crippen molar-refractivity contribution < 1.29 is 33.8 Å². The van der Waals surface area contributed by atoms with Gasteiger partial charge < -0.3 is 19.9 Å². The topological polar surface area (TPSA) is 123 Å². The number of nitrogens with one attached hydrogen (secondary N) is 2. The molecule has 1 aliphatic rings. The first-order valence-electron chi connectivity index (χ1n) is 10.6. The summed E-state index contributed by atoms with van der Waals surface area (Å²) in [6.07, 6.45) is -1.90. The number of methoxy groups -OCH3 is 1. The predicted octanol–water partition coefficient (Wildman–Crippen LogP) is 2.84. The highest BCUT2D eigenvalue weighted by atomic mass is 16.7. The molecule has 0 heterocycles. The number of hydrogen-bond acceptors (Lipinski definition) is 6. The van der Waals surface area contributed by atoms with Crippen molar-refractivity contribution in [2.75, 3.05) is 20.3 Å². The van der Waals surface area contributed by atoms with E-state index in [0.717, 1.165) is 22.3 Å². The number of carboxylic acids is 1. The fourth-order valence-electron chi connectivity index (χ4n) is 3.88. The van der Waals surface area contributed by atoms with E-state index in [1.165, 1.54) is 14.0 Å². The highest BCUT2D eigenvalue weighted by Crippen LogP contribution is 2.44. The highest BCUT2D eigenvalue weighted by Gasteiger charge is 2.40. The minimum absolute atomic E-state index is 0.0841. The van der Waals surface area contributed by atoms with Gasteiger partial charge >= 0.3 is 12.1 Å². The lowest BCUT2D eigenvalue weighted by atomic mass is 9.96. The Morgan fingerprint density at radius 2 is 1.64 bits per heavy atom. The minimum atomic E-state index is -1.50. The molecule has 1 aliphatic carbocycles. The molecule has 0 aromatic heterocycles. The number of amides is 2.